The molecule has 1 fully saturated rings. The van der Waals surface area contributed by atoms with Gasteiger partial charge in [-0.2, -0.15) is 0 Å². The van der Waals surface area contributed by atoms with Crippen molar-refractivity contribution >= 4 is 52.5 Å². The summed E-state index contributed by atoms with van der Waals surface area (Å²) in [5, 5.41) is 3.42. The first-order valence-corrected chi connectivity index (χ1v) is 14.2. The largest absolute Gasteiger partial charge is 0.309 e. The fraction of sp³-hybridized carbons (Fsp3) is 0.0571. The Morgan fingerprint density at radius 1 is 0.786 bits per heavy atom. The van der Waals surface area contributed by atoms with Gasteiger partial charge >= 0.3 is 0 Å². The normalized spacial score (nSPS) is 14.4. The van der Waals surface area contributed by atoms with Gasteiger partial charge in [0.15, 0.2) is 5.11 Å². The molecule has 2 heterocycles. The highest BCUT2D eigenvalue weighted by molar-refractivity contribution is 7.80. The lowest BCUT2D eigenvalue weighted by atomic mass is 10.0. The Balaban J connectivity index is 1.60. The minimum Gasteiger partial charge on any atom is -0.309 e. The van der Waals surface area contributed by atoms with E-state index >= 15 is 0 Å². The first-order valence-electron chi connectivity index (χ1n) is 13.4. The van der Waals surface area contributed by atoms with Crippen molar-refractivity contribution in [3.8, 4) is 28.2 Å². The molecule has 4 aromatic carbocycles. The van der Waals surface area contributed by atoms with E-state index in [2.05, 4.69) is 9.88 Å². The molecule has 0 saturated carbocycles. The summed E-state index contributed by atoms with van der Waals surface area (Å²) in [5.74, 6) is -1.01. The zero-order chi connectivity index (χ0) is 29.4. The van der Waals surface area contributed by atoms with Gasteiger partial charge in [-0.05, 0) is 90.8 Å². The predicted octanol–water partition coefficient (Wildman–Crippen LogP) is 7.91. The van der Waals surface area contributed by atoms with Crippen LogP contribution in [0.1, 0.15) is 16.7 Å². The summed E-state index contributed by atoms with van der Waals surface area (Å²) < 4.78 is 2.13. The lowest BCUT2D eigenvalue weighted by Crippen LogP contribution is -2.54. The van der Waals surface area contributed by atoms with Gasteiger partial charge in [-0.25, -0.2) is 0 Å². The van der Waals surface area contributed by atoms with Crippen LogP contribution in [0.5, 0.6) is 0 Å². The number of hydrogen-bond donors (Lipinski definition) is 1. The second-order valence-electron chi connectivity index (χ2n) is 10.1. The van der Waals surface area contributed by atoms with Gasteiger partial charge in [0.1, 0.15) is 5.57 Å². The van der Waals surface area contributed by atoms with Crippen molar-refractivity contribution in [1.82, 2.24) is 9.88 Å². The Hall–Kier alpha value is -4.78. The van der Waals surface area contributed by atoms with Crippen LogP contribution in [0, 0.1) is 13.8 Å². The maximum absolute atomic E-state index is 14.0. The van der Waals surface area contributed by atoms with Crippen molar-refractivity contribution in [2.24, 2.45) is 0 Å². The van der Waals surface area contributed by atoms with Crippen molar-refractivity contribution < 1.29 is 9.59 Å². The van der Waals surface area contributed by atoms with E-state index in [1.54, 1.807) is 6.08 Å². The molecule has 5 nitrogen and oxygen atoms in total. The molecule has 1 aliphatic heterocycles. The standard InChI is InChI=1S/C35H26ClN3O2S/c1-22-10-9-15-30(23(22)2)39-34(41)29(33(40)37-35(39)42)20-26-21-31(24-11-5-3-6-12-24)38(28-18-16-27(36)17-19-28)32(26)25-13-7-4-8-14-25/h3-21H,1-2H3,(H,37,40,42)/b29-20-. The number of rotatable bonds is 5. The predicted molar refractivity (Wildman–Crippen MR) is 174 cm³/mol. The highest BCUT2D eigenvalue weighted by Gasteiger charge is 2.36. The van der Waals surface area contributed by atoms with Crippen molar-refractivity contribution in [3.05, 3.63) is 136 Å². The van der Waals surface area contributed by atoms with Gasteiger partial charge in [-0.3, -0.25) is 19.8 Å². The monoisotopic (exact) mass is 587 g/mol. The Morgan fingerprint density at radius 2 is 1.43 bits per heavy atom. The molecule has 0 aliphatic carbocycles. The Labute approximate surface area is 254 Å². The summed E-state index contributed by atoms with van der Waals surface area (Å²) in [4.78, 5) is 28.8. The van der Waals surface area contributed by atoms with E-state index < -0.39 is 11.8 Å². The maximum atomic E-state index is 14.0. The van der Waals surface area contributed by atoms with Crippen molar-refractivity contribution in [3.63, 3.8) is 0 Å². The lowest BCUT2D eigenvalue weighted by Gasteiger charge is -2.30. The van der Waals surface area contributed by atoms with Crippen molar-refractivity contribution in [2.45, 2.75) is 13.8 Å². The molecular weight excluding hydrogens is 562 g/mol. The summed E-state index contributed by atoms with van der Waals surface area (Å²) >= 11 is 11.7. The summed E-state index contributed by atoms with van der Waals surface area (Å²) in [6, 6.07) is 35.2. The molecule has 1 aliphatic rings. The first-order chi connectivity index (χ1) is 20.3. The average molecular weight is 588 g/mol. The Kier molecular flexibility index (Phi) is 7.33. The third-order valence-corrected chi connectivity index (χ3v) is 7.99. The maximum Gasteiger partial charge on any atom is 0.270 e. The number of halogens is 1. The van der Waals surface area contributed by atoms with Crippen LogP contribution in [0.4, 0.5) is 5.69 Å². The van der Waals surface area contributed by atoms with Crippen molar-refractivity contribution in [1.29, 1.82) is 0 Å². The molecule has 7 heteroatoms. The molecule has 1 aromatic heterocycles. The second-order valence-corrected chi connectivity index (χ2v) is 10.9. The Bertz CT molecular complexity index is 1880. The van der Waals surface area contributed by atoms with Gasteiger partial charge in [0.05, 0.1) is 17.1 Å². The lowest BCUT2D eigenvalue weighted by molar-refractivity contribution is -0.122. The number of nitrogens with zero attached hydrogens (tertiary/aromatic N) is 2. The summed E-state index contributed by atoms with van der Waals surface area (Å²) in [7, 11) is 0. The molecule has 5 aromatic rings. The van der Waals surface area contributed by atoms with E-state index in [1.807, 2.05) is 123 Å². The number of carbonyl (C=O) groups is 2. The van der Waals surface area contributed by atoms with E-state index in [0.717, 1.165) is 39.3 Å². The molecule has 0 bridgehead atoms. The van der Waals surface area contributed by atoms with Gasteiger partial charge in [0, 0.05) is 16.3 Å². The zero-order valence-electron chi connectivity index (χ0n) is 23.0. The number of amides is 2. The quantitative estimate of drug-likeness (QED) is 0.129. The molecule has 1 N–H and O–H groups in total. The third-order valence-electron chi connectivity index (χ3n) is 7.45. The van der Waals surface area contributed by atoms with Gasteiger partial charge in [-0.1, -0.05) is 84.4 Å². The summed E-state index contributed by atoms with van der Waals surface area (Å²) in [6.07, 6.45) is 1.67. The number of aromatic nitrogens is 1. The number of nitrogens with one attached hydrogen (secondary N) is 1. The number of aryl methyl sites for hydroxylation is 1. The van der Waals surface area contributed by atoms with E-state index in [9.17, 15) is 9.59 Å². The zero-order valence-corrected chi connectivity index (χ0v) is 24.5. The van der Waals surface area contributed by atoms with Gasteiger partial charge in [0.2, 0.25) is 0 Å². The number of thiocarbonyl (C=S) groups is 1. The van der Waals surface area contributed by atoms with Crippen LogP contribution < -0.4 is 10.2 Å². The van der Waals surface area contributed by atoms with Crippen LogP contribution in [0.2, 0.25) is 5.02 Å². The molecule has 6 rings (SSSR count). The van der Waals surface area contributed by atoms with Gasteiger partial charge < -0.3 is 4.57 Å². The first kappa shape index (κ1) is 27.4. The molecule has 0 radical (unpaired) electrons. The number of benzene rings is 4. The minimum absolute atomic E-state index is 0.00504. The molecule has 0 spiro atoms. The average Bonchev–Trinajstić information content (AvgIpc) is 3.38. The fourth-order valence-corrected chi connectivity index (χ4v) is 5.62. The highest BCUT2D eigenvalue weighted by Crippen LogP contribution is 2.38. The van der Waals surface area contributed by atoms with Crippen molar-refractivity contribution in [2.75, 3.05) is 4.90 Å². The van der Waals surface area contributed by atoms with Gasteiger partial charge in [-0.15, -0.1) is 0 Å². The Morgan fingerprint density at radius 3 is 2.10 bits per heavy atom. The molecule has 1 saturated heterocycles. The molecular formula is C35H26ClN3O2S. The van der Waals surface area contributed by atoms with E-state index in [4.69, 9.17) is 23.8 Å². The second kappa shape index (κ2) is 11.2. The molecule has 206 valence electrons. The van der Waals surface area contributed by atoms with E-state index in [1.165, 1.54) is 4.90 Å². The van der Waals surface area contributed by atoms with Crippen LogP contribution >= 0.6 is 23.8 Å². The third kappa shape index (κ3) is 4.96. The topological polar surface area (TPSA) is 54.3 Å². The number of hydrogen-bond acceptors (Lipinski definition) is 3. The van der Waals surface area contributed by atoms with Crippen LogP contribution in [0.25, 0.3) is 34.3 Å². The summed E-state index contributed by atoms with van der Waals surface area (Å²) in [5.41, 5.74) is 7.79. The molecule has 2 amide bonds. The fourth-order valence-electron chi connectivity index (χ4n) is 5.22. The summed E-state index contributed by atoms with van der Waals surface area (Å²) in [6.45, 7) is 3.91. The van der Waals surface area contributed by atoms with E-state index in [0.29, 0.717) is 16.3 Å². The molecule has 0 unspecified atom stereocenters. The van der Waals surface area contributed by atoms with Crippen LogP contribution in [0.15, 0.2) is 115 Å². The minimum atomic E-state index is -0.536. The van der Waals surface area contributed by atoms with Crippen LogP contribution in [0.3, 0.4) is 0 Å². The van der Waals surface area contributed by atoms with Gasteiger partial charge in [0.25, 0.3) is 11.8 Å². The smallest absolute Gasteiger partial charge is 0.270 e. The highest BCUT2D eigenvalue weighted by atomic mass is 35.5. The van der Waals surface area contributed by atoms with Crippen LogP contribution in [-0.2, 0) is 9.59 Å². The number of carbonyl (C=O) groups excluding carboxylic acids is 2. The van der Waals surface area contributed by atoms with E-state index in [-0.39, 0.29) is 10.7 Å². The SMILES string of the molecule is Cc1cccc(N2C(=O)/C(=C\c3cc(-c4ccccc4)n(-c4ccc(Cl)cc4)c3-c3ccccc3)C(=O)NC2=S)c1C. The number of anilines is 1. The molecule has 42 heavy (non-hydrogen) atoms. The molecule has 0 atom stereocenters. The van der Waals surface area contributed by atoms with Crippen LogP contribution in [-0.4, -0.2) is 21.5 Å².